The zero-order chi connectivity index (χ0) is 17.6. The highest BCUT2D eigenvalue weighted by Crippen LogP contribution is 2.24. The number of nitrogens with zero attached hydrogens (tertiary/aromatic N) is 3. The van der Waals surface area contributed by atoms with Gasteiger partial charge >= 0.3 is 0 Å². The number of carbonyl (C=O) groups excluding carboxylic acids is 1. The summed E-state index contributed by atoms with van der Waals surface area (Å²) in [5.41, 5.74) is 0.568. The van der Waals surface area contributed by atoms with E-state index in [1.807, 2.05) is 6.07 Å². The summed E-state index contributed by atoms with van der Waals surface area (Å²) in [4.78, 5) is 19.7. The van der Waals surface area contributed by atoms with E-state index < -0.39 is 11.6 Å². The van der Waals surface area contributed by atoms with Gasteiger partial charge in [0, 0.05) is 18.8 Å². The summed E-state index contributed by atoms with van der Waals surface area (Å²) < 4.78 is 32.2. The topological polar surface area (TPSA) is 80.9 Å². The van der Waals surface area contributed by atoms with Crippen molar-refractivity contribution in [3.05, 3.63) is 65.7 Å². The van der Waals surface area contributed by atoms with Gasteiger partial charge in [0.15, 0.2) is 5.82 Å². The average molecular weight is 344 g/mol. The van der Waals surface area contributed by atoms with E-state index in [-0.39, 0.29) is 36.2 Å². The van der Waals surface area contributed by atoms with E-state index in [0.29, 0.717) is 6.42 Å². The van der Waals surface area contributed by atoms with E-state index in [0.717, 1.165) is 17.7 Å². The molecule has 3 rings (SSSR count). The Balaban J connectivity index is 1.56. The second kappa shape index (κ2) is 7.61. The molecule has 2 heterocycles. The van der Waals surface area contributed by atoms with Gasteiger partial charge in [0.05, 0.1) is 6.54 Å². The van der Waals surface area contributed by atoms with Crippen LogP contribution in [0.4, 0.5) is 8.78 Å². The van der Waals surface area contributed by atoms with Crippen molar-refractivity contribution in [1.82, 2.24) is 20.4 Å². The number of hydrogen-bond acceptors (Lipinski definition) is 5. The minimum atomic E-state index is -0.796. The van der Waals surface area contributed by atoms with Gasteiger partial charge in [0.25, 0.3) is 5.89 Å². The van der Waals surface area contributed by atoms with Crippen LogP contribution in [0.15, 0.2) is 47.2 Å². The van der Waals surface area contributed by atoms with Gasteiger partial charge in [-0.1, -0.05) is 17.3 Å². The lowest BCUT2D eigenvalue weighted by molar-refractivity contribution is -0.121. The zero-order valence-corrected chi connectivity index (χ0v) is 13.1. The number of pyridine rings is 1. The second-order valence-electron chi connectivity index (χ2n) is 5.25. The summed E-state index contributed by atoms with van der Waals surface area (Å²) >= 11 is 0. The van der Waals surface area contributed by atoms with Crippen molar-refractivity contribution >= 4 is 5.91 Å². The van der Waals surface area contributed by atoms with Gasteiger partial charge in [0.1, 0.15) is 17.2 Å². The summed E-state index contributed by atoms with van der Waals surface area (Å²) in [5, 5.41) is 6.25. The third-order valence-corrected chi connectivity index (χ3v) is 3.45. The SMILES string of the molecule is O=C(CCc1cccnc1)NCc1noc(-c2c(F)cccc2F)n1. The Hall–Kier alpha value is -3.16. The van der Waals surface area contributed by atoms with Crippen molar-refractivity contribution in [2.75, 3.05) is 0 Å². The van der Waals surface area contributed by atoms with Crippen LogP contribution in [0.2, 0.25) is 0 Å². The molecule has 1 aromatic carbocycles. The van der Waals surface area contributed by atoms with Crippen molar-refractivity contribution in [3.63, 3.8) is 0 Å². The number of amides is 1. The number of aryl methyl sites for hydroxylation is 1. The molecular weight excluding hydrogens is 330 g/mol. The van der Waals surface area contributed by atoms with Crippen LogP contribution in [0.1, 0.15) is 17.8 Å². The zero-order valence-electron chi connectivity index (χ0n) is 13.1. The van der Waals surface area contributed by atoms with Gasteiger partial charge < -0.3 is 9.84 Å². The van der Waals surface area contributed by atoms with Gasteiger partial charge in [-0.3, -0.25) is 9.78 Å². The molecule has 0 unspecified atom stereocenters. The Kier molecular flexibility index (Phi) is 5.08. The summed E-state index contributed by atoms with van der Waals surface area (Å²) in [5.74, 6) is -1.93. The lowest BCUT2D eigenvalue weighted by Gasteiger charge is -2.02. The largest absolute Gasteiger partial charge is 0.349 e. The Bertz CT molecular complexity index is 848. The van der Waals surface area contributed by atoms with E-state index in [9.17, 15) is 13.6 Å². The van der Waals surface area contributed by atoms with Gasteiger partial charge in [0.2, 0.25) is 5.91 Å². The Morgan fingerprint density at radius 2 is 1.96 bits per heavy atom. The molecule has 0 saturated carbocycles. The van der Waals surface area contributed by atoms with Crippen LogP contribution in [-0.4, -0.2) is 21.0 Å². The first-order valence-corrected chi connectivity index (χ1v) is 7.56. The van der Waals surface area contributed by atoms with Crippen LogP contribution in [0.25, 0.3) is 11.5 Å². The van der Waals surface area contributed by atoms with Crippen LogP contribution in [0.5, 0.6) is 0 Å². The number of benzene rings is 1. The van der Waals surface area contributed by atoms with Gasteiger partial charge in [-0.25, -0.2) is 8.78 Å². The standard InChI is InChI=1S/C17H14F2N4O2/c18-12-4-1-5-13(19)16(12)17-22-14(23-25-17)10-21-15(24)7-6-11-3-2-8-20-9-11/h1-5,8-9H,6-7,10H2,(H,21,24). The van der Waals surface area contributed by atoms with E-state index in [2.05, 4.69) is 20.4 Å². The van der Waals surface area contributed by atoms with Gasteiger partial charge in [-0.2, -0.15) is 4.98 Å². The van der Waals surface area contributed by atoms with Crippen molar-refractivity contribution in [3.8, 4) is 11.5 Å². The molecule has 0 saturated heterocycles. The first-order valence-electron chi connectivity index (χ1n) is 7.56. The van der Waals surface area contributed by atoms with E-state index in [4.69, 9.17) is 4.52 Å². The lowest BCUT2D eigenvalue weighted by atomic mass is 10.1. The van der Waals surface area contributed by atoms with Crippen molar-refractivity contribution in [2.24, 2.45) is 0 Å². The van der Waals surface area contributed by atoms with Crippen molar-refractivity contribution < 1.29 is 18.1 Å². The number of rotatable bonds is 6. The first-order chi connectivity index (χ1) is 12.1. The lowest BCUT2D eigenvalue weighted by Crippen LogP contribution is -2.23. The number of halogens is 2. The molecule has 2 aromatic heterocycles. The summed E-state index contributed by atoms with van der Waals surface area (Å²) in [6.45, 7) is 0.00540. The van der Waals surface area contributed by atoms with E-state index in [1.165, 1.54) is 6.07 Å². The van der Waals surface area contributed by atoms with Crippen LogP contribution in [-0.2, 0) is 17.8 Å². The Morgan fingerprint density at radius 3 is 2.68 bits per heavy atom. The molecule has 6 nitrogen and oxygen atoms in total. The number of carbonyl (C=O) groups is 1. The molecule has 128 valence electrons. The number of aromatic nitrogens is 3. The van der Waals surface area contributed by atoms with Crippen LogP contribution in [0.3, 0.4) is 0 Å². The maximum atomic E-state index is 13.7. The van der Waals surface area contributed by atoms with E-state index >= 15 is 0 Å². The predicted octanol–water partition coefficient (Wildman–Crippen LogP) is 2.66. The molecule has 1 amide bonds. The van der Waals surface area contributed by atoms with E-state index in [1.54, 1.807) is 18.5 Å². The first kappa shape index (κ1) is 16.7. The fraction of sp³-hybridized carbons (Fsp3) is 0.176. The van der Waals surface area contributed by atoms with Gasteiger partial charge in [-0.15, -0.1) is 0 Å². The summed E-state index contributed by atoms with van der Waals surface area (Å²) in [7, 11) is 0. The molecule has 0 fully saturated rings. The smallest absolute Gasteiger partial charge is 0.263 e. The minimum absolute atomic E-state index is 0.00540. The van der Waals surface area contributed by atoms with Crippen LogP contribution < -0.4 is 5.32 Å². The highest BCUT2D eigenvalue weighted by molar-refractivity contribution is 5.76. The normalized spacial score (nSPS) is 10.6. The molecule has 0 aliphatic heterocycles. The second-order valence-corrected chi connectivity index (χ2v) is 5.25. The number of hydrogen-bond donors (Lipinski definition) is 1. The molecule has 1 N–H and O–H groups in total. The third-order valence-electron chi connectivity index (χ3n) is 3.45. The Labute approximate surface area is 141 Å². The predicted molar refractivity (Wildman–Crippen MR) is 84.1 cm³/mol. The molecule has 3 aromatic rings. The molecule has 25 heavy (non-hydrogen) atoms. The maximum Gasteiger partial charge on any atom is 0.263 e. The minimum Gasteiger partial charge on any atom is -0.349 e. The third kappa shape index (κ3) is 4.23. The molecule has 0 spiro atoms. The quantitative estimate of drug-likeness (QED) is 0.743. The average Bonchev–Trinajstić information content (AvgIpc) is 3.07. The highest BCUT2D eigenvalue weighted by Gasteiger charge is 2.18. The molecular formula is C17H14F2N4O2. The molecule has 0 radical (unpaired) electrons. The maximum absolute atomic E-state index is 13.7. The molecule has 8 heteroatoms. The van der Waals surface area contributed by atoms with Gasteiger partial charge in [-0.05, 0) is 30.2 Å². The highest BCUT2D eigenvalue weighted by atomic mass is 19.1. The number of nitrogens with one attached hydrogen (secondary N) is 1. The van der Waals surface area contributed by atoms with Crippen LogP contribution in [0, 0.1) is 11.6 Å². The molecule has 0 bridgehead atoms. The summed E-state index contributed by atoms with van der Waals surface area (Å²) in [6, 6.07) is 7.13. The van der Waals surface area contributed by atoms with Crippen LogP contribution >= 0.6 is 0 Å². The molecule has 0 aliphatic carbocycles. The Morgan fingerprint density at radius 1 is 1.16 bits per heavy atom. The fourth-order valence-corrected chi connectivity index (χ4v) is 2.20. The van der Waals surface area contributed by atoms with Crippen molar-refractivity contribution in [2.45, 2.75) is 19.4 Å². The van der Waals surface area contributed by atoms with Crippen molar-refractivity contribution in [1.29, 1.82) is 0 Å². The summed E-state index contributed by atoms with van der Waals surface area (Å²) in [6.07, 6.45) is 4.19. The monoisotopic (exact) mass is 344 g/mol. The molecule has 0 atom stereocenters. The molecule has 0 aliphatic rings. The fourth-order valence-electron chi connectivity index (χ4n) is 2.20.